The standard InChI is InChI=1S/C24H25N3O3/c1-4-30-20-9-7-18(8-10-20)21-14-22-24(29)26(11-12-27(22)25-21)15-23(28)19-6-5-16(2)17(3)13-19/h5-14,23,28H,4,15H2,1-3H3. The molecule has 0 fully saturated rings. The minimum Gasteiger partial charge on any atom is -0.494 e. The van der Waals surface area contributed by atoms with E-state index in [2.05, 4.69) is 5.10 Å². The number of benzene rings is 2. The van der Waals surface area contributed by atoms with Gasteiger partial charge in [-0.2, -0.15) is 5.10 Å². The van der Waals surface area contributed by atoms with E-state index in [-0.39, 0.29) is 12.1 Å². The van der Waals surface area contributed by atoms with Gasteiger partial charge in [0.1, 0.15) is 11.3 Å². The molecule has 0 aliphatic carbocycles. The summed E-state index contributed by atoms with van der Waals surface area (Å²) in [7, 11) is 0. The van der Waals surface area contributed by atoms with Crippen LogP contribution in [0.5, 0.6) is 5.75 Å². The summed E-state index contributed by atoms with van der Waals surface area (Å²) in [6.45, 7) is 6.78. The van der Waals surface area contributed by atoms with Crippen molar-refractivity contribution in [3.8, 4) is 17.0 Å². The van der Waals surface area contributed by atoms with E-state index in [1.165, 1.54) is 10.1 Å². The minimum atomic E-state index is -0.766. The van der Waals surface area contributed by atoms with Crippen molar-refractivity contribution in [1.82, 2.24) is 14.2 Å². The Morgan fingerprint density at radius 2 is 1.80 bits per heavy atom. The van der Waals surface area contributed by atoms with Gasteiger partial charge in [-0.05, 0) is 67.8 Å². The molecule has 6 heteroatoms. The van der Waals surface area contributed by atoms with Crippen LogP contribution in [0.2, 0.25) is 0 Å². The lowest BCUT2D eigenvalue weighted by atomic mass is 10.0. The summed E-state index contributed by atoms with van der Waals surface area (Å²) in [6, 6.07) is 15.3. The van der Waals surface area contributed by atoms with E-state index in [0.29, 0.717) is 17.8 Å². The van der Waals surface area contributed by atoms with Gasteiger partial charge in [-0.3, -0.25) is 4.79 Å². The van der Waals surface area contributed by atoms with Gasteiger partial charge in [0.2, 0.25) is 0 Å². The summed E-state index contributed by atoms with van der Waals surface area (Å²) in [5.41, 5.74) is 4.98. The van der Waals surface area contributed by atoms with Crippen molar-refractivity contribution in [3.63, 3.8) is 0 Å². The Labute approximate surface area is 175 Å². The molecule has 2 heterocycles. The lowest BCUT2D eigenvalue weighted by Gasteiger charge is -2.14. The summed E-state index contributed by atoms with van der Waals surface area (Å²) in [4.78, 5) is 13.0. The first-order valence-corrected chi connectivity index (χ1v) is 10.0. The number of hydrogen-bond acceptors (Lipinski definition) is 4. The average Bonchev–Trinajstić information content (AvgIpc) is 3.18. The van der Waals surface area contributed by atoms with Crippen LogP contribution in [0.4, 0.5) is 0 Å². The number of aliphatic hydroxyl groups excluding tert-OH is 1. The number of nitrogens with zero attached hydrogens (tertiary/aromatic N) is 3. The van der Waals surface area contributed by atoms with Gasteiger partial charge < -0.3 is 14.4 Å². The highest BCUT2D eigenvalue weighted by molar-refractivity contribution is 5.66. The van der Waals surface area contributed by atoms with Crippen LogP contribution < -0.4 is 10.3 Å². The molecule has 0 saturated heterocycles. The van der Waals surface area contributed by atoms with Crippen molar-refractivity contribution >= 4 is 5.52 Å². The Kier molecular flexibility index (Phi) is 5.42. The summed E-state index contributed by atoms with van der Waals surface area (Å²) in [6.07, 6.45) is 2.63. The van der Waals surface area contributed by atoms with Gasteiger partial charge in [0.15, 0.2) is 0 Å². The van der Waals surface area contributed by atoms with Crippen molar-refractivity contribution in [2.75, 3.05) is 6.61 Å². The predicted octanol–water partition coefficient (Wildman–Crippen LogP) is 3.91. The fourth-order valence-electron chi connectivity index (χ4n) is 3.46. The molecule has 2 aromatic carbocycles. The van der Waals surface area contributed by atoms with E-state index >= 15 is 0 Å². The monoisotopic (exact) mass is 403 g/mol. The minimum absolute atomic E-state index is 0.182. The smallest absolute Gasteiger partial charge is 0.276 e. The molecule has 30 heavy (non-hydrogen) atoms. The molecule has 0 bridgehead atoms. The second-order valence-corrected chi connectivity index (χ2v) is 7.43. The van der Waals surface area contributed by atoms with E-state index in [9.17, 15) is 9.90 Å². The highest BCUT2D eigenvalue weighted by Gasteiger charge is 2.14. The zero-order valence-corrected chi connectivity index (χ0v) is 17.4. The number of aryl methyl sites for hydroxylation is 2. The Morgan fingerprint density at radius 1 is 1.03 bits per heavy atom. The first kappa shape index (κ1) is 19.9. The third-order valence-corrected chi connectivity index (χ3v) is 5.35. The fraction of sp³-hybridized carbons (Fsp3) is 0.250. The summed E-state index contributed by atoms with van der Waals surface area (Å²) in [5.74, 6) is 0.799. The van der Waals surface area contributed by atoms with Crippen LogP contribution in [0, 0.1) is 13.8 Å². The van der Waals surface area contributed by atoms with Gasteiger partial charge in [-0.1, -0.05) is 18.2 Å². The number of fused-ring (bicyclic) bond motifs is 1. The van der Waals surface area contributed by atoms with Crippen LogP contribution in [0.3, 0.4) is 0 Å². The van der Waals surface area contributed by atoms with E-state index < -0.39 is 6.10 Å². The molecule has 4 rings (SSSR count). The SMILES string of the molecule is CCOc1ccc(-c2cc3c(=O)n(CC(O)c4ccc(C)c(C)c4)ccn3n2)cc1. The van der Waals surface area contributed by atoms with Gasteiger partial charge in [0.05, 0.1) is 24.9 Å². The van der Waals surface area contributed by atoms with E-state index in [0.717, 1.165) is 22.4 Å². The highest BCUT2D eigenvalue weighted by Crippen LogP contribution is 2.22. The zero-order valence-electron chi connectivity index (χ0n) is 17.4. The molecule has 0 spiro atoms. The maximum Gasteiger partial charge on any atom is 0.276 e. The van der Waals surface area contributed by atoms with Crippen molar-refractivity contribution in [2.24, 2.45) is 0 Å². The lowest BCUT2D eigenvalue weighted by molar-refractivity contribution is 0.155. The summed E-state index contributed by atoms with van der Waals surface area (Å²) >= 11 is 0. The highest BCUT2D eigenvalue weighted by atomic mass is 16.5. The molecule has 2 aromatic heterocycles. The molecule has 0 aliphatic rings. The van der Waals surface area contributed by atoms with Crippen molar-refractivity contribution < 1.29 is 9.84 Å². The fourth-order valence-corrected chi connectivity index (χ4v) is 3.46. The third-order valence-electron chi connectivity index (χ3n) is 5.35. The molecule has 4 aromatic rings. The first-order chi connectivity index (χ1) is 14.5. The normalized spacial score (nSPS) is 12.3. The van der Waals surface area contributed by atoms with Crippen LogP contribution in [-0.4, -0.2) is 25.9 Å². The van der Waals surface area contributed by atoms with Gasteiger partial charge in [0.25, 0.3) is 5.56 Å². The van der Waals surface area contributed by atoms with Gasteiger partial charge in [-0.25, -0.2) is 4.52 Å². The predicted molar refractivity (Wildman–Crippen MR) is 117 cm³/mol. The van der Waals surface area contributed by atoms with Gasteiger partial charge in [-0.15, -0.1) is 0 Å². The molecule has 154 valence electrons. The Balaban J connectivity index is 1.62. The van der Waals surface area contributed by atoms with E-state index in [4.69, 9.17) is 4.74 Å². The van der Waals surface area contributed by atoms with Crippen LogP contribution in [0.25, 0.3) is 16.8 Å². The largest absolute Gasteiger partial charge is 0.494 e. The number of aromatic nitrogens is 3. The van der Waals surface area contributed by atoms with Crippen LogP contribution in [-0.2, 0) is 6.54 Å². The number of hydrogen-bond donors (Lipinski definition) is 1. The molecule has 6 nitrogen and oxygen atoms in total. The molecule has 0 aliphatic heterocycles. The van der Waals surface area contributed by atoms with Crippen molar-refractivity contribution in [2.45, 2.75) is 33.4 Å². The molecular weight excluding hydrogens is 378 g/mol. The molecule has 1 unspecified atom stereocenters. The van der Waals surface area contributed by atoms with Gasteiger partial charge >= 0.3 is 0 Å². The summed E-state index contributed by atoms with van der Waals surface area (Å²) in [5, 5.41) is 15.2. The Bertz CT molecular complexity index is 1240. The Hall–Kier alpha value is -3.38. The molecule has 0 saturated carbocycles. The molecular formula is C24H25N3O3. The Morgan fingerprint density at radius 3 is 2.50 bits per heavy atom. The quantitative estimate of drug-likeness (QED) is 0.530. The molecule has 1 N–H and O–H groups in total. The number of rotatable bonds is 6. The topological polar surface area (TPSA) is 68.8 Å². The van der Waals surface area contributed by atoms with Crippen LogP contribution in [0.1, 0.15) is 29.7 Å². The number of aliphatic hydroxyl groups is 1. The summed E-state index contributed by atoms with van der Waals surface area (Å²) < 4.78 is 8.58. The molecule has 1 atom stereocenters. The molecule has 0 radical (unpaired) electrons. The maximum atomic E-state index is 13.0. The van der Waals surface area contributed by atoms with E-state index in [1.807, 2.05) is 63.2 Å². The van der Waals surface area contributed by atoms with Crippen LogP contribution >= 0.6 is 0 Å². The lowest BCUT2D eigenvalue weighted by Crippen LogP contribution is -2.24. The van der Waals surface area contributed by atoms with Crippen LogP contribution in [0.15, 0.2) is 65.7 Å². The third kappa shape index (κ3) is 3.86. The van der Waals surface area contributed by atoms with Crippen molar-refractivity contribution in [3.05, 3.63) is 88.0 Å². The maximum absolute atomic E-state index is 13.0. The van der Waals surface area contributed by atoms with E-state index in [1.54, 1.807) is 23.0 Å². The average molecular weight is 403 g/mol. The van der Waals surface area contributed by atoms with Gasteiger partial charge in [0, 0.05) is 18.0 Å². The second-order valence-electron chi connectivity index (χ2n) is 7.43. The zero-order chi connectivity index (χ0) is 21.3. The first-order valence-electron chi connectivity index (χ1n) is 10.0. The number of ether oxygens (including phenoxy) is 1. The van der Waals surface area contributed by atoms with Crippen molar-refractivity contribution in [1.29, 1.82) is 0 Å². The molecule has 0 amide bonds. The second kappa shape index (κ2) is 8.16.